The van der Waals surface area contributed by atoms with Crippen LogP contribution in [0.2, 0.25) is 0 Å². The van der Waals surface area contributed by atoms with E-state index in [9.17, 15) is 13.2 Å². The quantitative estimate of drug-likeness (QED) is 0.638. The van der Waals surface area contributed by atoms with E-state index in [1.54, 1.807) is 13.8 Å². The fourth-order valence-corrected chi connectivity index (χ4v) is 3.60. The van der Waals surface area contributed by atoms with Crippen LogP contribution >= 0.6 is 0 Å². The summed E-state index contributed by atoms with van der Waals surface area (Å²) < 4.78 is 22.6. The zero-order valence-electron chi connectivity index (χ0n) is 8.80. The largest absolute Gasteiger partial charge is 0.272 e. The molecule has 15 heavy (non-hydrogen) atoms. The number of rotatable bonds is 1. The third-order valence-corrected chi connectivity index (χ3v) is 4.79. The SMILES string of the molecule is CC1=NN(C2CCS(=O)(=O)C2)C(=O)C1C. The molecule has 2 atom stereocenters. The van der Waals surface area contributed by atoms with Crippen LogP contribution in [0.4, 0.5) is 0 Å². The first-order valence-electron chi connectivity index (χ1n) is 4.99. The van der Waals surface area contributed by atoms with Crippen molar-refractivity contribution in [2.24, 2.45) is 11.0 Å². The van der Waals surface area contributed by atoms with Crippen LogP contribution < -0.4 is 0 Å². The number of hydrogen-bond donors (Lipinski definition) is 0. The number of carbonyl (C=O) groups is 1. The molecule has 0 N–H and O–H groups in total. The van der Waals surface area contributed by atoms with E-state index in [0.717, 1.165) is 5.71 Å². The van der Waals surface area contributed by atoms with Gasteiger partial charge in [-0.05, 0) is 20.3 Å². The lowest BCUT2D eigenvalue weighted by Crippen LogP contribution is -2.36. The lowest BCUT2D eigenvalue weighted by molar-refractivity contribution is -0.133. The number of sulfone groups is 1. The third kappa shape index (κ3) is 1.78. The van der Waals surface area contributed by atoms with E-state index < -0.39 is 9.84 Å². The van der Waals surface area contributed by atoms with Gasteiger partial charge in [0, 0.05) is 5.71 Å². The van der Waals surface area contributed by atoms with Crippen molar-refractivity contribution in [2.45, 2.75) is 26.3 Å². The van der Waals surface area contributed by atoms with Gasteiger partial charge in [-0.1, -0.05) is 0 Å². The fourth-order valence-electron chi connectivity index (χ4n) is 1.91. The lowest BCUT2D eigenvalue weighted by atomic mass is 10.1. The highest BCUT2D eigenvalue weighted by Crippen LogP contribution is 2.24. The summed E-state index contributed by atoms with van der Waals surface area (Å²) in [7, 11) is -2.95. The molecular formula is C9H14N2O3S. The predicted molar refractivity (Wildman–Crippen MR) is 56.2 cm³/mol. The third-order valence-electron chi connectivity index (χ3n) is 3.04. The molecule has 2 aliphatic heterocycles. The Labute approximate surface area is 89.1 Å². The minimum absolute atomic E-state index is 0.0578. The monoisotopic (exact) mass is 230 g/mol. The van der Waals surface area contributed by atoms with Crippen LogP contribution in [0.15, 0.2) is 5.10 Å². The molecule has 1 amide bonds. The van der Waals surface area contributed by atoms with Gasteiger partial charge in [0.05, 0.1) is 23.5 Å². The molecule has 84 valence electrons. The van der Waals surface area contributed by atoms with Crippen molar-refractivity contribution in [3.8, 4) is 0 Å². The second-order valence-corrected chi connectivity index (χ2v) is 6.43. The summed E-state index contributed by atoms with van der Waals surface area (Å²) >= 11 is 0. The Morgan fingerprint density at radius 1 is 1.47 bits per heavy atom. The van der Waals surface area contributed by atoms with Crippen LogP contribution in [0, 0.1) is 5.92 Å². The molecule has 5 nitrogen and oxygen atoms in total. The average Bonchev–Trinajstić information content (AvgIpc) is 2.62. The van der Waals surface area contributed by atoms with Gasteiger partial charge in [0.2, 0.25) is 0 Å². The second-order valence-electron chi connectivity index (χ2n) is 4.20. The molecule has 0 aromatic carbocycles. The molecule has 2 unspecified atom stereocenters. The first-order chi connectivity index (χ1) is 6.91. The van der Waals surface area contributed by atoms with Gasteiger partial charge in [0.15, 0.2) is 9.84 Å². The standard InChI is InChI=1S/C9H14N2O3S/c1-6-7(2)10-11(9(6)12)8-3-4-15(13,14)5-8/h6,8H,3-5H2,1-2H3. The first-order valence-corrected chi connectivity index (χ1v) is 6.81. The summed E-state index contributed by atoms with van der Waals surface area (Å²) in [6.45, 7) is 3.59. The van der Waals surface area contributed by atoms with Gasteiger partial charge in [0.25, 0.3) is 5.91 Å². The first kappa shape index (κ1) is 10.6. The highest BCUT2D eigenvalue weighted by molar-refractivity contribution is 7.91. The average molecular weight is 230 g/mol. The van der Waals surface area contributed by atoms with Crippen LogP contribution in [-0.2, 0) is 14.6 Å². The minimum atomic E-state index is -2.95. The van der Waals surface area contributed by atoms with Gasteiger partial charge in [-0.2, -0.15) is 5.10 Å². The number of carbonyl (C=O) groups excluding carboxylic acids is 1. The van der Waals surface area contributed by atoms with Crippen molar-refractivity contribution in [3.05, 3.63) is 0 Å². The molecule has 0 spiro atoms. The molecular weight excluding hydrogens is 216 g/mol. The molecule has 0 aromatic rings. The van der Waals surface area contributed by atoms with Crippen LogP contribution in [-0.4, -0.2) is 42.6 Å². The fraction of sp³-hybridized carbons (Fsp3) is 0.778. The van der Waals surface area contributed by atoms with Crippen molar-refractivity contribution in [1.82, 2.24) is 5.01 Å². The van der Waals surface area contributed by atoms with Crippen LogP contribution in [0.5, 0.6) is 0 Å². The van der Waals surface area contributed by atoms with Gasteiger partial charge in [-0.25, -0.2) is 13.4 Å². The number of amides is 1. The van der Waals surface area contributed by atoms with E-state index >= 15 is 0 Å². The number of nitrogens with zero attached hydrogens (tertiary/aromatic N) is 2. The minimum Gasteiger partial charge on any atom is -0.272 e. The molecule has 0 aliphatic carbocycles. The molecule has 0 bridgehead atoms. The van der Waals surface area contributed by atoms with E-state index in [1.165, 1.54) is 5.01 Å². The van der Waals surface area contributed by atoms with Gasteiger partial charge < -0.3 is 0 Å². The Balaban J connectivity index is 2.18. The summed E-state index contributed by atoms with van der Waals surface area (Å²) in [4.78, 5) is 11.7. The van der Waals surface area contributed by atoms with E-state index in [-0.39, 0.29) is 29.4 Å². The van der Waals surface area contributed by atoms with Crippen molar-refractivity contribution in [2.75, 3.05) is 11.5 Å². The van der Waals surface area contributed by atoms with Gasteiger partial charge in [-0.3, -0.25) is 4.79 Å². The molecule has 2 rings (SSSR count). The van der Waals surface area contributed by atoms with Gasteiger partial charge >= 0.3 is 0 Å². The molecule has 6 heteroatoms. The molecule has 2 aliphatic rings. The molecule has 1 saturated heterocycles. The maximum atomic E-state index is 11.7. The molecule has 0 aromatic heterocycles. The summed E-state index contributed by atoms with van der Waals surface area (Å²) in [6.07, 6.45) is 0.511. The topological polar surface area (TPSA) is 66.8 Å². The van der Waals surface area contributed by atoms with E-state index in [2.05, 4.69) is 5.10 Å². The van der Waals surface area contributed by atoms with Gasteiger partial charge in [0.1, 0.15) is 0 Å². The molecule has 0 saturated carbocycles. The van der Waals surface area contributed by atoms with Crippen molar-refractivity contribution >= 4 is 21.5 Å². The summed E-state index contributed by atoms with van der Waals surface area (Å²) in [5, 5.41) is 5.50. The maximum Gasteiger partial charge on any atom is 0.251 e. The van der Waals surface area contributed by atoms with Crippen molar-refractivity contribution in [3.63, 3.8) is 0 Å². The number of hydrogen-bond acceptors (Lipinski definition) is 4. The van der Waals surface area contributed by atoms with Crippen LogP contribution in [0.3, 0.4) is 0 Å². The molecule has 2 heterocycles. The highest BCUT2D eigenvalue weighted by atomic mass is 32.2. The van der Waals surface area contributed by atoms with Crippen molar-refractivity contribution in [1.29, 1.82) is 0 Å². The Kier molecular flexibility index (Phi) is 2.33. The zero-order valence-corrected chi connectivity index (χ0v) is 9.62. The Hall–Kier alpha value is -0.910. The highest BCUT2D eigenvalue weighted by Gasteiger charge is 2.39. The Morgan fingerprint density at radius 3 is 2.53 bits per heavy atom. The normalized spacial score (nSPS) is 34.7. The Bertz CT molecular complexity index is 427. The van der Waals surface area contributed by atoms with E-state index in [1.807, 2.05) is 0 Å². The smallest absolute Gasteiger partial charge is 0.251 e. The van der Waals surface area contributed by atoms with Crippen LogP contribution in [0.1, 0.15) is 20.3 Å². The maximum absolute atomic E-state index is 11.7. The van der Waals surface area contributed by atoms with Crippen molar-refractivity contribution < 1.29 is 13.2 Å². The van der Waals surface area contributed by atoms with Crippen LogP contribution in [0.25, 0.3) is 0 Å². The summed E-state index contributed by atoms with van der Waals surface area (Å²) in [5.41, 5.74) is 0.768. The number of hydrazone groups is 1. The predicted octanol–water partition coefficient (Wildman–Crippen LogP) is 0.0277. The molecule has 0 radical (unpaired) electrons. The molecule has 1 fully saturated rings. The summed E-state index contributed by atoms with van der Waals surface area (Å²) in [5.74, 6) is -0.0463. The zero-order chi connectivity index (χ0) is 11.2. The van der Waals surface area contributed by atoms with E-state index in [4.69, 9.17) is 0 Å². The Morgan fingerprint density at radius 2 is 2.13 bits per heavy atom. The van der Waals surface area contributed by atoms with Gasteiger partial charge in [-0.15, -0.1) is 0 Å². The lowest BCUT2D eigenvalue weighted by Gasteiger charge is -2.18. The van der Waals surface area contributed by atoms with E-state index in [0.29, 0.717) is 6.42 Å². The summed E-state index contributed by atoms with van der Waals surface area (Å²) in [6, 6.07) is -0.248. The second kappa shape index (κ2) is 3.30.